The predicted molar refractivity (Wildman–Crippen MR) is 36.4 cm³/mol. The summed E-state index contributed by atoms with van der Waals surface area (Å²) in [7, 11) is 1.04. The smallest absolute Gasteiger partial charge is 0.185 e. The van der Waals surface area contributed by atoms with E-state index in [-0.39, 0.29) is 0 Å². The third-order valence-corrected chi connectivity index (χ3v) is 1.88. The van der Waals surface area contributed by atoms with Gasteiger partial charge in [0, 0.05) is 14.5 Å². The lowest BCUT2D eigenvalue weighted by Crippen LogP contribution is -1.71. The molecule has 0 amide bonds. The van der Waals surface area contributed by atoms with Gasteiger partial charge in [0.15, 0.2) is 5.65 Å². The third-order valence-electron chi connectivity index (χ3n) is 1.09. The maximum atomic E-state index is 4.02. The number of fused-ring (bicyclic) bond motifs is 1. The number of nitrogens with one attached hydrogen (secondary N) is 1. The number of nitrogens with zero attached hydrogens (tertiary/aromatic N) is 2. The Labute approximate surface area is 53.3 Å². The SMILES string of the molecule is c1cnc2n[nH]pc2c1. The third kappa shape index (κ3) is 0.698. The summed E-state index contributed by atoms with van der Waals surface area (Å²) < 4.78 is 0. The molecule has 0 unspecified atom stereocenters. The van der Waals surface area contributed by atoms with Crippen molar-refractivity contribution in [1.29, 1.82) is 0 Å². The topological polar surface area (TPSA) is 41.6 Å². The molecule has 0 radical (unpaired) electrons. The summed E-state index contributed by atoms with van der Waals surface area (Å²) in [5, 5.41) is 5.08. The summed E-state index contributed by atoms with van der Waals surface area (Å²) in [5.41, 5.74) is 0.819. The molecule has 3 nitrogen and oxygen atoms in total. The Bertz CT molecular complexity index is 286. The van der Waals surface area contributed by atoms with Gasteiger partial charge in [0.05, 0.1) is 5.12 Å². The highest BCUT2D eigenvalue weighted by Crippen LogP contribution is 2.14. The highest BCUT2D eigenvalue weighted by atomic mass is 31.0. The largest absolute Gasteiger partial charge is 0.257 e. The Morgan fingerprint density at radius 2 is 2.56 bits per heavy atom. The fraction of sp³-hybridized carbons (Fsp3) is 0. The average Bonchev–Trinajstić information content (AvgIpc) is 2.33. The van der Waals surface area contributed by atoms with Crippen LogP contribution >= 0.6 is 8.35 Å². The summed E-state index contributed by atoms with van der Waals surface area (Å²) in [5.74, 6) is 0. The number of aromatic nitrogens is 3. The molecule has 2 rings (SSSR count). The van der Waals surface area contributed by atoms with Crippen molar-refractivity contribution >= 4 is 19.1 Å². The monoisotopic (exact) mass is 137 g/mol. The molecule has 2 aromatic heterocycles. The number of aromatic amines is 1. The van der Waals surface area contributed by atoms with Crippen molar-refractivity contribution in [2.45, 2.75) is 0 Å². The normalized spacial score (nSPS) is 11.1. The lowest BCUT2D eigenvalue weighted by Gasteiger charge is -1.78. The predicted octanol–water partition coefficient (Wildman–Crippen LogP) is 1.54. The van der Waals surface area contributed by atoms with Crippen LogP contribution in [0, 0.1) is 0 Å². The van der Waals surface area contributed by atoms with Gasteiger partial charge in [0.25, 0.3) is 0 Å². The summed E-state index contributed by atoms with van der Waals surface area (Å²) >= 11 is 0. The first-order chi connectivity index (χ1) is 4.47. The molecule has 4 heteroatoms. The fourth-order valence-corrected chi connectivity index (χ4v) is 1.31. The van der Waals surface area contributed by atoms with Crippen molar-refractivity contribution in [3.8, 4) is 0 Å². The molecular formula is C5H4N3P. The van der Waals surface area contributed by atoms with Crippen LogP contribution in [-0.2, 0) is 0 Å². The minimum absolute atomic E-state index is 0.819. The van der Waals surface area contributed by atoms with Crippen LogP contribution in [0.1, 0.15) is 0 Å². The second-order valence-corrected chi connectivity index (χ2v) is 2.58. The van der Waals surface area contributed by atoms with Crippen molar-refractivity contribution in [2.24, 2.45) is 0 Å². The second kappa shape index (κ2) is 1.78. The number of hydrogen-bond donors (Lipinski definition) is 1. The van der Waals surface area contributed by atoms with Gasteiger partial charge in [-0.15, -0.1) is 0 Å². The van der Waals surface area contributed by atoms with Gasteiger partial charge < -0.3 is 0 Å². The zero-order valence-electron chi connectivity index (χ0n) is 4.57. The van der Waals surface area contributed by atoms with Gasteiger partial charge in [-0.1, -0.05) is 0 Å². The van der Waals surface area contributed by atoms with E-state index in [0.717, 1.165) is 19.1 Å². The first kappa shape index (κ1) is 4.89. The first-order valence-electron chi connectivity index (χ1n) is 2.58. The van der Waals surface area contributed by atoms with Crippen molar-refractivity contribution in [3.63, 3.8) is 0 Å². The lowest BCUT2D eigenvalue weighted by molar-refractivity contribution is 1.16. The van der Waals surface area contributed by atoms with E-state index in [4.69, 9.17) is 0 Å². The number of H-pyrrole nitrogens is 1. The molecule has 9 heavy (non-hydrogen) atoms. The molecule has 0 aromatic carbocycles. The van der Waals surface area contributed by atoms with Crippen molar-refractivity contribution in [1.82, 2.24) is 14.9 Å². The zero-order valence-corrected chi connectivity index (χ0v) is 5.47. The van der Waals surface area contributed by atoms with Gasteiger partial charge in [-0.3, -0.25) is 4.86 Å². The van der Waals surface area contributed by atoms with E-state index in [1.807, 2.05) is 12.1 Å². The molecule has 0 saturated heterocycles. The minimum Gasteiger partial charge on any atom is -0.257 e. The van der Waals surface area contributed by atoms with Crippen LogP contribution in [0.2, 0.25) is 0 Å². The Morgan fingerprint density at radius 1 is 1.56 bits per heavy atom. The quantitative estimate of drug-likeness (QED) is 0.598. The molecule has 0 fully saturated rings. The van der Waals surface area contributed by atoms with E-state index >= 15 is 0 Å². The maximum Gasteiger partial charge on any atom is 0.185 e. The molecule has 0 atom stereocenters. The van der Waals surface area contributed by atoms with Crippen molar-refractivity contribution in [3.05, 3.63) is 18.3 Å². The summed E-state index contributed by atoms with van der Waals surface area (Å²) in [4.78, 5) is 6.85. The Hall–Kier alpha value is -0.950. The molecule has 0 spiro atoms. The number of hydrogen-bond acceptors (Lipinski definition) is 2. The van der Waals surface area contributed by atoms with Crippen molar-refractivity contribution < 1.29 is 0 Å². The van der Waals surface area contributed by atoms with Crippen LogP contribution in [0.3, 0.4) is 0 Å². The summed E-state index contributed by atoms with van der Waals surface area (Å²) in [6.07, 6.45) is 1.74. The number of rotatable bonds is 0. The molecular weight excluding hydrogens is 133 g/mol. The Balaban J connectivity index is 2.95. The molecule has 0 aliphatic heterocycles. The van der Waals surface area contributed by atoms with Crippen LogP contribution < -0.4 is 0 Å². The Kier molecular flexibility index (Phi) is 0.965. The molecule has 0 aliphatic carbocycles. The van der Waals surface area contributed by atoms with E-state index in [9.17, 15) is 0 Å². The Morgan fingerprint density at radius 3 is 3.44 bits per heavy atom. The van der Waals surface area contributed by atoms with Gasteiger partial charge in [0.2, 0.25) is 0 Å². The molecule has 0 bridgehead atoms. The van der Waals surface area contributed by atoms with Gasteiger partial charge in [-0.2, -0.15) is 5.10 Å². The van der Waals surface area contributed by atoms with E-state index in [0.29, 0.717) is 0 Å². The van der Waals surface area contributed by atoms with Crippen LogP contribution in [0.5, 0.6) is 0 Å². The van der Waals surface area contributed by atoms with Gasteiger partial charge in [-0.05, 0) is 12.1 Å². The zero-order chi connectivity index (χ0) is 6.10. The molecule has 1 N–H and O–H groups in total. The second-order valence-electron chi connectivity index (χ2n) is 1.67. The summed E-state index contributed by atoms with van der Waals surface area (Å²) in [6, 6.07) is 3.92. The van der Waals surface area contributed by atoms with Crippen molar-refractivity contribution in [2.75, 3.05) is 0 Å². The van der Waals surface area contributed by atoms with Crippen LogP contribution in [0.25, 0.3) is 10.8 Å². The van der Waals surface area contributed by atoms with E-state index in [1.165, 1.54) is 0 Å². The van der Waals surface area contributed by atoms with E-state index < -0.39 is 0 Å². The number of pyridine rings is 1. The van der Waals surface area contributed by atoms with Gasteiger partial charge >= 0.3 is 0 Å². The molecule has 0 aliphatic rings. The highest BCUT2D eigenvalue weighted by Gasteiger charge is 1.91. The fourth-order valence-electron chi connectivity index (χ4n) is 0.688. The first-order valence-corrected chi connectivity index (χ1v) is 3.48. The maximum absolute atomic E-state index is 4.02. The molecule has 44 valence electrons. The van der Waals surface area contributed by atoms with Crippen LogP contribution in [0.15, 0.2) is 18.3 Å². The average molecular weight is 137 g/mol. The molecule has 2 aromatic rings. The lowest BCUT2D eigenvalue weighted by atomic mass is 10.5. The molecule has 2 heterocycles. The van der Waals surface area contributed by atoms with E-state index in [1.54, 1.807) is 6.20 Å². The van der Waals surface area contributed by atoms with Crippen LogP contribution in [0.4, 0.5) is 0 Å². The van der Waals surface area contributed by atoms with E-state index in [2.05, 4.69) is 14.9 Å². The molecule has 0 saturated carbocycles. The van der Waals surface area contributed by atoms with Crippen LogP contribution in [-0.4, -0.2) is 14.9 Å². The standard InChI is InChI=1S/C5H4N3P/c1-2-4-5(6-3-1)7-8-9-4/h1-3H,(H,6,7,8). The minimum atomic E-state index is 0.819. The van der Waals surface area contributed by atoms with Gasteiger partial charge in [0.1, 0.15) is 0 Å². The summed E-state index contributed by atoms with van der Waals surface area (Å²) in [6.45, 7) is 0. The van der Waals surface area contributed by atoms with Gasteiger partial charge in [-0.25, -0.2) is 4.98 Å². The highest BCUT2D eigenvalue weighted by molar-refractivity contribution is 7.32.